The summed E-state index contributed by atoms with van der Waals surface area (Å²) in [4.78, 5) is 0. The van der Waals surface area contributed by atoms with Crippen LogP contribution in [-0.4, -0.2) is 27.0 Å². The van der Waals surface area contributed by atoms with Crippen LogP contribution in [0.5, 0.6) is 5.75 Å². The highest BCUT2D eigenvalue weighted by Crippen LogP contribution is 2.33. The zero-order valence-electron chi connectivity index (χ0n) is 15.3. The van der Waals surface area contributed by atoms with Crippen molar-refractivity contribution in [2.75, 3.05) is 7.11 Å². The zero-order chi connectivity index (χ0) is 19.5. The molecule has 6 nitrogen and oxygen atoms in total. The molecule has 0 aliphatic rings. The van der Waals surface area contributed by atoms with Gasteiger partial charge in [0.05, 0.1) is 23.5 Å². The lowest BCUT2D eigenvalue weighted by molar-refractivity contribution is 0.393. The largest absolute Gasteiger partial charge is 0.495 e. The van der Waals surface area contributed by atoms with Crippen molar-refractivity contribution >= 4 is 23.4 Å². The number of ether oxygens (including phenoxy) is 1. The molecule has 0 saturated carbocycles. The number of thioether (sulfide) groups is 1. The quantitative estimate of drug-likeness (QED) is 0.406. The molecule has 0 amide bonds. The lowest BCUT2D eigenvalue weighted by Gasteiger charge is -2.12. The molecule has 0 radical (unpaired) electrons. The highest BCUT2D eigenvalue weighted by atomic mass is 35.5. The second-order valence-corrected chi connectivity index (χ2v) is 7.39. The number of aromatic nitrogens is 4. The van der Waals surface area contributed by atoms with Crippen LogP contribution < -0.4 is 4.74 Å². The maximum atomic E-state index is 6.36. The van der Waals surface area contributed by atoms with Crippen LogP contribution >= 0.6 is 23.4 Å². The summed E-state index contributed by atoms with van der Waals surface area (Å²) in [5.74, 6) is 2.76. The van der Waals surface area contributed by atoms with Gasteiger partial charge >= 0.3 is 0 Å². The van der Waals surface area contributed by atoms with E-state index in [2.05, 4.69) is 15.4 Å². The Labute approximate surface area is 171 Å². The van der Waals surface area contributed by atoms with E-state index in [1.165, 1.54) is 11.8 Å². The molecular weight excluding hydrogens is 396 g/mol. The molecule has 2 heterocycles. The van der Waals surface area contributed by atoms with Crippen molar-refractivity contribution in [1.82, 2.24) is 19.9 Å². The maximum Gasteiger partial charge on any atom is 0.196 e. The predicted molar refractivity (Wildman–Crippen MR) is 109 cm³/mol. The number of nitrogens with zero attached hydrogens (tertiary/aromatic N) is 4. The van der Waals surface area contributed by atoms with Crippen molar-refractivity contribution in [1.29, 1.82) is 0 Å². The van der Waals surface area contributed by atoms with E-state index in [1.807, 2.05) is 66.1 Å². The van der Waals surface area contributed by atoms with Crippen molar-refractivity contribution in [3.63, 3.8) is 0 Å². The van der Waals surface area contributed by atoms with Gasteiger partial charge in [-0.25, -0.2) is 0 Å². The Morgan fingerprint density at radius 3 is 2.61 bits per heavy atom. The monoisotopic (exact) mass is 412 g/mol. The van der Waals surface area contributed by atoms with Crippen LogP contribution in [0, 0.1) is 6.92 Å². The molecule has 0 unspecified atom stereocenters. The van der Waals surface area contributed by atoms with Gasteiger partial charge in [0.25, 0.3) is 0 Å². The van der Waals surface area contributed by atoms with Crippen molar-refractivity contribution in [2.45, 2.75) is 17.8 Å². The molecule has 4 rings (SSSR count). The smallest absolute Gasteiger partial charge is 0.196 e. The van der Waals surface area contributed by atoms with Crippen molar-refractivity contribution in [2.24, 2.45) is 0 Å². The number of hydrogen-bond donors (Lipinski definition) is 0. The predicted octanol–water partition coefficient (Wildman–Crippen LogP) is 5.19. The maximum absolute atomic E-state index is 6.36. The van der Waals surface area contributed by atoms with Crippen LogP contribution in [0.3, 0.4) is 0 Å². The van der Waals surface area contributed by atoms with Crippen molar-refractivity contribution in [3.8, 4) is 22.8 Å². The molecule has 2 aromatic carbocycles. The molecule has 0 aliphatic carbocycles. The lowest BCUT2D eigenvalue weighted by atomic mass is 10.2. The van der Waals surface area contributed by atoms with E-state index < -0.39 is 0 Å². The Morgan fingerprint density at radius 2 is 1.93 bits per heavy atom. The number of halogens is 1. The fourth-order valence-corrected chi connectivity index (χ4v) is 3.87. The Kier molecular flexibility index (Phi) is 5.36. The van der Waals surface area contributed by atoms with Crippen LogP contribution in [0.25, 0.3) is 17.1 Å². The molecular formula is C20H17ClN4O2S. The molecule has 0 bridgehead atoms. The summed E-state index contributed by atoms with van der Waals surface area (Å²) in [6.45, 7) is 1.87. The molecule has 28 heavy (non-hydrogen) atoms. The molecule has 4 aromatic rings. The standard InChI is InChI=1S/C20H17ClN4O2S/c1-13-10-15(24-27-13)12-28-20-23-22-19(14-6-4-3-5-7-14)25(20)16-8-9-18(26-2)17(21)11-16/h3-11H,12H2,1-2H3. The van der Waals surface area contributed by atoms with Crippen LogP contribution in [-0.2, 0) is 5.75 Å². The van der Waals surface area contributed by atoms with Gasteiger partial charge in [-0.3, -0.25) is 4.57 Å². The van der Waals surface area contributed by atoms with Crippen LogP contribution in [0.1, 0.15) is 11.5 Å². The number of hydrogen-bond acceptors (Lipinski definition) is 6. The minimum atomic E-state index is 0.524. The SMILES string of the molecule is COc1ccc(-n2c(SCc3cc(C)on3)nnc2-c2ccccc2)cc1Cl. The fourth-order valence-electron chi connectivity index (χ4n) is 2.79. The average molecular weight is 413 g/mol. The summed E-state index contributed by atoms with van der Waals surface area (Å²) in [5, 5.41) is 14.1. The van der Waals surface area contributed by atoms with E-state index in [-0.39, 0.29) is 0 Å². The minimum Gasteiger partial charge on any atom is -0.495 e. The van der Waals surface area contributed by atoms with E-state index in [0.29, 0.717) is 16.5 Å². The number of rotatable bonds is 6. The van der Waals surface area contributed by atoms with E-state index in [1.54, 1.807) is 7.11 Å². The van der Waals surface area contributed by atoms with E-state index in [0.717, 1.165) is 33.7 Å². The second kappa shape index (κ2) is 8.08. The summed E-state index contributed by atoms with van der Waals surface area (Å²) in [5.41, 5.74) is 2.67. The normalized spacial score (nSPS) is 11.0. The first-order valence-electron chi connectivity index (χ1n) is 8.55. The molecule has 0 atom stereocenters. The number of methoxy groups -OCH3 is 1. The first kappa shape index (κ1) is 18.6. The third kappa shape index (κ3) is 3.76. The highest BCUT2D eigenvalue weighted by molar-refractivity contribution is 7.98. The summed E-state index contributed by atoms with van der Waals surface area (Å²) >= 11 is 7.90. The average Bonchev–Trinajstić information content (AvgIpc) is 3.33. The van der Waals surface area contributed by atoms with Gasteiger partial charge in [0.15, 0.2) is 11.0 Å². The summed E-state index contributed by atoms with van der Waals surface area (Å²) in [6.07, 6.45) is 0. The first-order valence-corrected chi connectivity index (χ1v) is 9.92. The Bertz CT molecular complexity index is 1090. The zero-order valence-corrected chi connectivity index (χ0v) is 16.9. The molecule has 0 aliphatic heterocycles. The fraction of sp³-hybridized carbons (Fsp3) is 0.150. The summed E-state index contributed by atoms with van der Waals surface area (Å²) < 4.78 is 12.4. The van der Waals surface area contributed by atoms with E-state index in [9.17, 15) is 0 Å². The van der Waals surface area contributed by atoms with Gasteiger partial charge < -0.3 is 9.26 Å². The number of aryl methyl sites for hydroxylation is 1. The van der Waals surface area contributed by atoms with Gasteiger partial charge in [-0.1, -0.05) is 58.9 Å². The lowest BCUT2D eigenvalue weighted by Crippen LogP contribution is -2.00. The van der Waals surface area contributed by atoms with Crippen LogP contribution in [0.2, 0.25) is 5.02 Å². The summed E-state index contributed by atoms with van der Waals surface area (Å²) in [7, 11) is 1.59. The minimum absolute atomic E-state index is 0.524. The third-order valence-electron chi connectivity index (χ3n) is 4.08. The molecule has 0 spiro atoms. The molecule has 0 fully saturated rings. The molecule has 142 valence electrons. The molecule has 0 N–H and O–H groups in total. The second-order valence-electron chi connectivity index (χ2n) is 6.04. The number of benzene rings is 2. The molecule has 2 aromatic heterocycles. The van der Waals surface area contributed by atoms with Gasteiger partial charge in [-0.05, 0) is 25.1 Å². The highest BCUT2D eigenvalue weighted by Gasteiger charge is 2.18. The Hall–Kier alpha value is -2.77. The van der Waals surface area contributed by atoms with Gasteiger partial charge in [-0.15, -0.1) is 10.2 Å². The third-order valence-corrected chi connectivity index (χ3v) is 5.34. The van der Waals surface area contributed by atoms with Crippen LogP contribution in [0.15, 0.2) is 64.3 Å². The van der Waals surface area contributed by atoms with Gasteiger partial charge in [0.1, 0.15) is 11.5 Å². The van der Waals surface area contributed by atoms with E-state index >= 15 is 0 Å². The van der Waals surface area contributed by atoms with E-state index in [4.69, 9.17) is 20.9 Å². The summed E-state index contributed by atoms with van der Waals surface area (Å²) in [6, 6.07) is 17.4. The Morgan fingerprint density at radius 1 is 1.11 bits per heavy atom. The topological polar surface area (TPSA) is 66.0 Å². The first-order chi connectivity index (χ1) is 13.7. The van der Waals surface area contributed by atoms with Crippen molar-refractivity contribution < 1.29 is 9.26 Å². The van der Waals surface area contributed by atoms with Crippen molar-refractivity contribution in [3.05, 3.63) is 71.1 Å². The van der Waals surface area contributed by atoms with Gasteiger partial charge in [-0.2, -0.15) is 0 Å². The van der Waals surface area contributed by atoms with Gasteiger partial charge in [0.2, 0.25) is 0 Å². The van der Waals surface area contributed by atoms with Gasteiger partial charge in [0, 0.05) is 17.4 Å². The van der Waals surface area contributed by atoms with Crippen LogP contribution in [0.4, 0.5) is 0 Å². The Balaban J connectivity index is 1.76. The molecule has 8 heteroatoms. The molecule has 0 saturated heterocycles.